The number of halogens is 2. The normalized spacial score (nSPS) is 21.7. The molecule has 2 unspecified atom stereocenters. The van der Waals surface area contributed by atoms with Gasteiger partial charge in [-0.3, -0.25) is 4.79 Å². The molecule has 2 atom stereocenters. The van der Waals surface area contributed by atoms with Gasteiger partial charge in [-0.2, -0.15) is 5.10 Å². The summed E-state index contributed by atoms with van der Waals surface area (Å²) < 4.78 is 14.1. The Kier molecular flexibility index (Phi) is 3.81. The van der Waals surface area contributed by atoms with E-state index in [1.165, 1.54) is 6.07 Å². The number of H-pyrrole nitrogens is 1. The number of nitrogens with one attached hydrogen (secondary N) is 1. The van der Waals surface area contributed by atoms with E-state index >= 15 is 0 Å². The van der Waals surface area contributed by atoms with Crippen molar-refractivity contribution in [2.45, 2.75) is 38.0 Å². The van der Waals surface area contributed by atoms with E-state index in [2.05, 4.69) is 10.2 Å². The minimum atomic E-state index is -0.199. The van der Waals surface area contributed by atoms with Gasteiger partial charge in [0, 0.05) is 5.56 Å². The van der Waals surface area contributed by atoms with Gasteiger partial charge in [-0.25, -0.2) is 9.49 Å². The standard InChI is InChI=1S/C16H16ClFN2O/c1-9-3-2-4-13(18)15(9)11-6-5-10(7-11)12-8-14(17)19-20-16(12)21/h2-4,8,10-11H,5-7H2,1H3,(H,20,21). The van der Waals surface area contributed by atoms with Crippen molar-refractivity contribution in [3.63, 3.8) is 0 Å². The number of aromatic nitrogens is 2. The highest BCUT2D eigenvalue weighted by Crippen LogP contribution is 2.44. The number of hydrogen-bond acceptors (Lipinski definition) is 2. The minimum absolute atomic E-state index is 0.109. The number of hydrogen-bond donors (Lipinski definition) is 1. The van der Waals surface area contributed by atoms with E-state index < -0.39 is 0 Å². The van der Waals surface area contributed by atoms with Gasteiger partial charge in [-0.1, -0.05) is 23.7 Å². The van der Waals surface area contributed by atoms with Crippen LogP contribution in [-0.4, -0.2) is 10.2 Å². The fourth-order valence-corrected chi connectivity index (χ4v) is 3.55. The van der Waals surface area contributed by atoms with E-state index in [-0.39, 0.29) is 28.4 Å². The number of aromatic amines is 1. The molecule has 0 aliphatic heterocycles. The maximum atomic E-state index is 14.1. The van der Waals surface area contributed by atoms with Crippen molar-refractivity contribution in [3.8, 4) is 0 Å². The van der Waals surface area contributed by atoms with Crippen LogP contribution in [0.3, 0.4) is 0 Å². The SMILES string of the molecule is Cc1cccc(F)c1C1CCC(c2cc(Cl)n[nH]c2=O)C1. The maximum absolute atomic E-state index is 14.1. The van der Waals surface area contributed by atoms with Crippen molar-refractivity contribution in [1.82, 2.24) is 10.2 Å². The summed E-state index contributed by atoms with van der Waals surface area (Å²) in [6.45, 7) is 1.93. The van der Waals surface area contributed by atoms with Crippen molar-refractivity contribution >= 4 is 11.6 Å². The van der Waals surface area contributed by atoms with E-state index in [4.69, 9.17) is 11.6 Å². The van der Waals surface area contributed by atoms with Gasteiger partial charge in [-0.15, -0.1) is 0 Å². The lowest BCUT2D eigenvalue weighted by Crippen LogP contribution is -2.16. The van der Waals surface area contributed by atoms with Gasteiger partial charge in [0.25, 0.3) is 5.56 Å². The van der Waals surface area contributed by atoms with Crippen LogP contribution < -0.4 is 5.56 Å². The zero-order valence-electron chi connectivity index (χ0n) is 11.7. The molecule has 3 nitrogen and oxygen atoms in total. The Labute approximate surface area is 127 Å². The molecule has 1 N–H and O–H groups in total. The number of aryl methyl sites for hydroxylation is 1. The summed E-state index contributed by atoms with van der Waals surface area (Å²) in [5.41, 5.74) is 2.22. The van der Waals surface area contributed by atoms with Crippen LogP contribution in [-0.2, 0) is 0 Å². The van der Waals surface area contributed by atoms with Crippen molar-refractivity contribution < 1.29 is 4.39 Å². The molecular weight excluding hydrogens is 291 g/mol. The summed E-state index contributed by atoms with van der Waals surface area (Å²) in [4.78, 5) is 11.9. The fourth-order valence-electron chi connectivity index (χ4n) is 3.39. The van der Waals surface area contributed by atoms with E-state index in [0.29, 0.717) is 5.56 Å². The minimum Gasteiger partial charge on any atom is -0.268 e. The quantitative estimate of drug-likeness (QED) is 0.914. The molecule has 1 aliphatic carbocycles. The third kappa shape index (κ3) is 2.72. The molecule has 21 heavy (non-hydrogen) atoms. The first-order chi connectivity index (χ1) is 10.1. The predicted molar refractivity (Wildman–Crippen MR) is 80.3 cm³/mol. The lowest BCUT2D eigenvalue weighted by Gasteiger charge is -2.15. The summed E-state index contributed by atoms with van der Waals surface area (Å²) in [6, 6.07) is 6.79. The van der Waals surface area contributed by atoms with Crippen molar-refractivity contribution in [2.24, 2.45) is 0 Å². The number of rotatable bonds is 2. The Morgan fingerprint density at radius 3 is 2.86 bits per heavy atom. The Morgan fingerprint density at radius 2 is 2.10 bits per heavy atom. The molecule has 3 rings (SSSR count). The summed E-state index contributed by atoms with van der Waals surface area (Å²) in [6.07, 6.45) is 2.51. The third-order valence-corrected chi connectivity index (χ3v) is 4.55. The van der Waals surface area contributed by atoms with Gasteiger partial charge >= 0.3 is 0 Å². The van der Waals surface area contributed by atoms with Gasteiger partial charge in [-0.05, 0) is 61.3 Å². The summed E-state index contributed by atoms with van der Waals surface area (Å²) in [5, 5.41) is 6.38. The van der Waals surface area contributed by atoms with Gasteiger partial charge in [0.05, 0.1) is 0 Å². The molecule has 2 aromatic rings. The average molecular weight is 307 g/mol. The molecule has 1 saturated carbocycles. The molecule has 5 heteroatoms. The summed E-state index contributed by atoms with van der Waals surface area (Å²) in [5.74, 6) is 0.114. The van der Waals surface area contributed by atoms with E-state index in [0.717, 1.165) is 30.4 Å². The zero-order valence-corrected chi connectivity index (χ0v) is 12.5. The highest BCUT2D eigenvalue weighted by molar-refractivity contribution is 6.29. The second-order valence-electron chi connectivity index (χ2n) is 5.65. The molecule has 0 spiro atoms. The van der Waals surface area contributed by atoms with Crippen LogP contribution in [0.15, 0.2) is 29.1 Å². The maximum Gasteiger partial charge on any atom is 0.267 e. The second kappa shape index (κ2) is 5.60. The second-order valence-corrected chi connectivity index (χ2v) is 6.04. The molecule has 1 fully saturated rings. The average Bonchev–Trinajstić information content (AvgIpc) is 2.90. The monoisotopic (exact) mass is 306 g/mol. The molecule has 1 heterocycles. The fraction of sp³-hybridized carbons (Fsp3) is 0.375. The lowest BCUT2D eigenvalue weighted by atomic mass is 9.91. The molecule has 0 amide bonds. The van der Waals surface area contributed by atoms with Crippen LogP contribution in [0.2, 0.25) is 5.15 Å². The van der Waals surface area contributed by atoms with Crippen molar-refractivity contribution in [2.75, 3.05) is 0 Å². The number of benzene rings is 1. The molecule has 0 saturated heterocycles. The summed E-state index contributed by atoms with van der Waals surface area (Å²) >= 11 is 5.86. The van der Waals surface area contributed by atoms with Gasteiger partial charge in [0.1, 0.15) is 11.0 Å². The first-order valence-electron chi connectivity index (χ1n) is 7.06. The Hall–Kier alpha value is -1.68. The molecule has 0 radical (unpaired) electrons. The molecular formula is C16H16ClFN2O. The molecule has 110 valence electrons. The molecule has 1 aromatic heterocycles. The van der Waals surface area contributed by atoms with Crippen LogP contribution in [0.25, 0.3) is 0 Å². The molecule has 0 bridgehead atoms. The Morgan fingerprint density at radius 1 is 1.33 bits per heavy atom. The highest BCUT2D eigenvalue weighted by atomic mass is 35.5. The van der Waals surface area contributed by atoms with Gasteiger partial charge in [0.2, 0.25) is 0 Å². The van der Waals surface area contributed by atoms with E-state index in [9.17, 15) is 9.18 Å². The predicted octanol–water partition coefficient (Wildman–Crippen LogP) is 3.92. The number of nitrogens with zero attached hydrogens (tertiary/aromatic N) is 1. The van der Waals surface area contributed by atoms with Crippen LogP contribution >= 0.6 is 11.6 Å². The topological polar surface area (TPSA) is 45.8 Å². The van der Waals surface area contributed by atoms with Crippen LogP contribution in [0.5, 0.6) is 0 Å². The van der Waals surface area contributed by atoms with Gasteiger partial charge in [0.15, 0.2) is 0 Å². The zero-order chi connectivity index (χ0) is 15.0. The van der Waals surface area contributed by atoms with E-state index in [1.807, 2.05) is 13.0 Å². The van der Waals surface area contributed by atoms with Crippen LogP contribution in [0.1, 0.15) is 47.8 Å². The van der Waals surface area contributed by atoms with Crippen LogP contribution in [0.4, 0.5) is 4.39 Å². The lowest BCUT2D eigenvalue weighted by molar-refractivity contribution is 0.573. The third-order valence-electron chi connectivity index (χ3n) is 4.35. The smallest absolute Gasteiger partial charge is 0.267 e. The Bertz CT molecular complexity index is 708. The largest absolute Gasteiger partial charge is 0.268 e. The molecule has 1 aliphatic rings. The first-order valence-corrected chi connectivity index (χ1v) is 7.44. The summed E-state index contributed by atoms with van der Waals surface area (Å²) in [7, 11) is 0. The van der Waals surface area contributed by atoms with Crippen molar-refractivity contribution in [3.05, 3.63) is 62.3 Å². The Balaban J connectivity index is 1.89. The first kappa shape index (κ1) is 14.3. The van der Waals surface area contributed by atoms with Crippen LogP contribution in [0, 0.1) is 12.7 Å². The van der Waals surface area contributed by atoms with Gasteiger partial charge < -0.3 is 0 Å². The highest BCUT2D eigenvalue weighted by Gasteiger charge is 2.31. The van der Waals surface area contributed by atoms with Crippen molar-refractivity contribution in [1.29, 1.82) is 0 Å². The molecule has 1 aromatic carbocycles. The van der Waals surface area contributed by atoms with E-state index in [1.54, 1.807) is 12.1 Å².